The monoisotopic (exact) mass is 384 g/mol. The predicted octanol–water partition coefficient (Wildman–Crippen LogP) is 7.60. The molecular weight excluding hydrogens is 340 g/mol. The van der Waals surface area contributed by atoms with Gasteiger partial charge in [0.25, 0.3) is 0 Å². The van der Waals surface area contributed by atoms with Gasteiger partial charge in [0, 0.05) is 6.42 Å². The van der Waals surface area contributed by atoms with E-state index in [0.29, 0.717) is 16.6 Å². The molecule has 3 fully saturated rings. The Balaban J connectivity index is 1.49. The van der Waals surface area contributed by atoms with Gasteiger partial charge in [-0.1, -0.05) is 59.5 Å². The number of allylic oxidation sites excluding steroid dienone is 1. The Labute approximate surface area is 174 Å². The fraction of sp³-hybridized carbons (Fsp3) is 0.889. The topological polar surface area (TPSA) is 17.1 Å². The summed E-state index contributed by atoms with van der Waals surface area (Å²) in [7, 11) is 0. The van der Waals surface area contributed by atoms with Gasteiger partial charge in [-0.3, -0.25) is 4.79 Å². The normalized spacial score (nSPS) is 43.9. The molecule has 0 aliphatic heterocycles. The second-order valence-electron chi connectivity index (χ2n) is 12.0. The average molecular weight is 385 g/mol. The number of hydrogen-bond donors (Lipinski definition) is 0. The molecule has 3 saturated carbocycles. The number of rotatable bonds is 5. The summed E-state index contributed by atoms with van der Waals surface area (Å²) in [5, 5.41) is 0. The molecule has 0 aromatic heterocycles. The second kappa shape index (κ2) is 7.59. The molecule has 0 amide bonds. The number of carbonyl (C=O) groups is 1. The van der Waals surface area contributed by atoms with Crippen LogP contribution in [0.25, 0.3) is 0 Å². The van der Waals surface area contributed by atoms with Gasteiger partial charge in [-0.2, -0.15) is 0 Å². The zero-order chi connectivity index (χ0) is 20.1. The maximum Gasteiger partial charge on any atom is 0.155 e. The first-order chi connectivity index (χ1) is 13.3. The molecule has 28 heavy (non-hydrogen) atoms. The molecule has 0 N–H and O–H groups in total. The highest BCUT2D eigenvalue weighted by molar-refractivity contribution is 5.91. The molecule has 7 atom stereocenters. The van der Waals surface area contributed by atoms with Crippen molar-refractivity contribution < 1.29 is 4.79 Å². The van der Waals surface area contributed by atoms with Crippen molar-refractivity contribution in [3.05, 3.63) is 11.6 Å². The van der Waals surface area contributed by atoms with E-state index in [1.165, 1.54) is 63.4 Å². The summed E-state index contributed by atoms with van der Waals surface area (Å²) >= 11 is 0. The molecule has 1 unspecified atom stereocenters. The number of fused-ring (bicyclic) bond motifs is 5. The van der Waals surface area contributed by atoms with Crippen LogP contribution in [0.3, 0.4) is 0 Å². The molecule has 0 aromatic rings. The van der Waals surface area contributed by atoms with Crippen molar-refractivity contribution in [3.8, 4) is 0 Å². The van der Waals surface area contributed by atoms with Gasteiger partial charge in [0.15, 0.2) is 5.78 Å². The van der Waals surface area contributed by atoms with E-state index in [0.717, 1.165) is 48.3 Å². The molecule has 1 heteroatoms. The molecule has 4 aliphatic rings. The van der Waals surface area contributed by atoms with Crippen LogP contribution in [-0.4, -0.2) is 5.78 Å². The summed E-state index contributed by atoms with van der Waals surface area (Å²) in [6.07, 6.45) is 16.6. The van der Waals surface area contributed by atoms with Crippen molar-refractivity contribution in [2.45, 2.75) is 105 Å². The first-order valence-electron chi connectivity index (χ1n) is 12.5. The van der Waals surface area contributed by atoms with Crippen LogP contribution in [0, 0.1) is 46.3 Å². The highest BCUT2D eigenvalue weighted by atomic mass is 16.1. The molecule has 4 rings (SSSR count). The summed E-state index contributed by atoms with van der Waals surface area (Å²) < 4.78 is 0. The third-order valence-electron chi connectivity index (χ3n) is 10.2. The second-order valence-corrected chi connectivity index (χ2v) is 12.0. The third kappa shape index (κ3) is 3.33. The predicted molar refractivity (Wildman–Crippen MR) is 118 cm³/mol. The Morgan fingerprint density at radius 3 is 2.50 bits per heavy atom. The molecule has 0 spiro atoms. The van der Waals surface area contributed by atoms with Gasteiger partial charge in [-0.25, -0.2) is 0 Å². The molecule has 158 valence electrons. The minimum absolute atomic E-state index is 0.332. The first-order valence-corrected chi connectivity index (χ1v) is 12.5. The molecule has 4 aliphatic carbocycles. The van der Waals surface area contributed by atoms with Crippen molar-refractivity contribution in [1.29, 1.82) is 0 Å². The van der Waals surface area contributed by atoms with Gasteiger partial charge in [0.1, 0.15) is 0 Å². The van der Waals surface area contributed by atoms with Crippen molar-refractivity contribution in [2.24, 2.45) is 46.3 Å². The molecule has 1 nitrogen and oxygen atoms in total. The van der Waals surface area contributed by atoms with Crippen molar-refractivity contribution in [3.63, 3.8) is 0 Å². The number of carbonyl (C=O) groups excluding carboxylic acids is 1. The van der Waals surface area contributed by atoms with E-state index in [4.69, 9.17) is 0 Å². The van der Waals surface area contributed by atoms with Crippen LogP contribution in [0.1, 0.15) is 105 Å². The lowest BCUT2D eigenvalue weighted by molar-refractivity contribution is -0.117. The summed E-state index contributed by atoms with van der Waals surface area (Å²) in [6, 6.07) is 0. The average Bonchev–Trinajstić information content (AvgIpc) is 2.99. The summed E-state index contributed by atoms with van der Waals surface area (Å²) in [6.45, 7) is 12.5. The summed E-state index contributed by atoms with van der Waals surface area (Å²) in [4.78, 5) is 12.0. The van der Waals surface area contributed by atoms with E-state index in [1.807, 2.05) is 0 Å². The molecule has 0 radical (unpaired) electrons. The molecule has 0 heterocycles. The Morgan fingerprint density at radius 1 is 0.964 bits per heavy atom. The van der Waals surface area contributed by atoms with Gasteiger partial charge in [0.05, 0.1) is 0 Å². The van der Waals surface area contributed by atoms with Crippen LogP contribution < -0.4 is 0 Å². The van der Waals surface area contributed by atoms with Crippen molar-refractivity contribution in [2.75, 3.05) is 0 Å². The van der Waals surface area contributed by atoms with Gasteiger partial charge < -0.3 is 0 Å². The van der Waals surface area contributed by atoms with Gasteiger partial charge in [-0.15, -0.1) is 0 Å². The lowest BCUT2D eigenvalue weighted by Crippen LogP contribution is -2.50. The zero-order valence-electron chi connectivity index (χ0n) is 19.2. The van der Waals surface area contributed by atoms with Crippen molar-refractivity contribution >= 4 is 5.78 Å². The smallest absolute Gasteiger partial charge is 0.155 e. The largest absolute Gasteiger partial charge is 0.295 e. The van der Waals surface area contributed by atoms with Crippen LogP contribution >= 0.6 is 0 Å². The number of ketones is 1. The van der Waals surface area contributed by atoms with E-state index in [-0.39, 0.29) is 0 Å². The zero-order valence-corrected chi connectivity index (χ0v) is 19.2. The van der Waals surface area contributed by atoms with Crippen LogP contribution in [-0.2, 0) is 4.79 Å². The Kier molecular flexibility index (Phi) is 5.60. The quantitative estimate of drug-likeness (QED) is 0.477. The Hall–Kier alpha value is -0.590. The maximum atomic E-state index is 12.0. The summed E-state index contributed by atoms with van der Waals surface area (Å²) in [5.74, 6) is 5.79. The van der Waals surface area contributed by atoms with E-state index >= 15 is 0 Å². The lowest BCUT2D eigenvalue weighted by Gasteiger charge is -2.58. The van der Waals surface area contributed by atoms with Crippen LogP contribution in [0.4, 0.5) is 0 Å². The van der Waals surface area contributed by atoms with Gasteiger partial charge >= 0.3 is 0 Å². The number of hydrogen-bond acceptors (Lipinski definition) is 1. The van der Waals surface area contributed by atoms with E-state index in [9.17, 15) is 4.79 Å². The molecule has 0 bridgehead atoms. The standard InChI is InChI=1S/C27H44O/c1-18(2)7-6-8-19(3)23-11-12-24-22-10-9-20-17-21(28)13-15-26(20,4)25(22)14-16-27(23,24)5/h17-19,22-25H,6-16H2,1-5H3/t19-,22+,23?,24+,25+,26+,27-/m1/s1. The first kappa shape index (κ1) is 20.7. The van der Waals surface area contributed by atoms with Gasteiger partial charge in [0.2, 0.25) is 0 Å². The minimum Gasteiger partial charge on any atom is -0.295 e. The maximum absolute atomic E-state index is 12.0. The fourth-order valence-corrected chi connectivity index (χ4v) is 8.58. The van der Waals surface area contributed by atoms with Gasteiger partial charge in [-0.05, 0) is 97.4 Å². The van der Waals surface area contributed by atoms with E-state index in [1.54, 1.807) is 0 Å². The molecule has 0 aromatic carbocycles. The third-order valence-corrected chi connectivity index (χ3v) is 10.2. The Bertz CT molecular complexity index is 630. The Morgan fingerprint density at radius 2 is 1.75 bits per heavy atom. The molecule has 0 saturated heterocycles. The SMILES string of the molecule is CC(C)CCC[C@@H](C)C1CC[C@H]2[C@@H]3CCC4=CC(=O)CC[C@]4(C)[C@H]3CC[C@]12C. The van der Waals surface area contributed by atoms with Crippen LogP contribution in [0.2, 0.25) is 0 Å². The van der Waals surface area contributed by atoms with Crippen molar-refractivity contribution in [1.82, 2.24) is 0 Å². The lowest BCUT2D eigenvalue weighted by atomic mass is 9.46. The highest BCUT2D eigenvalue weighted by Gasteiger charge is 2.59. The highest BCUT2D eigenvalue weighted by Crippen LogP contribution is 2.67. The minimum atomic E-state index is 0.332. The van der Waals surface area contributed by atoms with E-state index in [2.05, 4.69) is 40.7 Å². The molecular formula is C27H44O. The van der Waals surface area contributed by atoms with E-state index < -0.39 is 0 Å². The van der Waals surface area contributed by atoms with Crippen LogP contribution in [0.15, 0.2) is 11.6 Å². The summed E-state index contributed by atoms with van der Waals surface area (Å²) in [5.41, 5.74) is 2.43. The fourth-order valence-electron chi connectivity index (χ4n) is 8.58. The van der Waals surface area contributed by atoms with Crippen LogP contribution in [0.5, 0.6) is 0 Å².